The Balaban J connectivity index is 1.25. The third-order valence-corrected chi connectivity index (χ3v) is 8.58. The Morgan fingerprint density at radius 3 is 2.30 bits per heavy atom. The van der Waals surface area contributed by atoms with E-state index in [1.165, 1.54) is 0 Å². The Hall–Kier alpha value is -3.72. The van der Waals surface area contributed by atoms with Crippen LogP contribution in [0.3, 0.4) is 0 Å². The molecule has 0 bridgehead atoms. The first-order valence-electron chi connectivity index (χ1n) is 15.5. The smallest absolute Gasteiger partial charge is 0.410 e. The molecule has 1 heterocycles. The standard InChI is InChI=1S/C35H43N3O5/c39-26-33(29-9-3-1-4-10-29)36-34(40)32-14-8-7-13-31(32)28-17-15-27(16-18-28)25-38(20-19-37-21-23-42-24-22-37)35(41)43-30-11-5-2-6-12-30/h1-6,9-12,15-18,31-33,39H,7-8,13-14,19-26H2,(H,36,40). The van der Waals surface area contributed by atoms with E-state index in [1.54, 1.807) is 17.0 Å². The number of aliphatic hydroxyl groups is 1. The number of carbonyl (C=O) groups excluding carboxylic acids is 2. The third-order valence-electron chi connectivity index (χ3n) is 8.58. The maximum absolute atomic E-state index is 13.5. The zero-order valence-electron chi connectivity index (χ0n) is 24.8. The SMILES string of the molecule is O=C(NC(CO)c1ccccc1)C1CCCCC1c1ccc(CN(CCN2CCOCC2)C(=O)Oc2ccccc2)cc1. The fourth-order valence-corrected chi connectivity index (χ4v) is 6.11. The molecule has 8 nitrogen and oxygen atoms in total. The first-order valence-corrected chi connectivity index (χ1v) is 15.5. The highest BCUT2D eigenvalue weighted by atomic mass is 16.6. The van der Waals surface area contributed by atoms with Crippen LogP contribution in [0.4, 0.5) is 4.79 Å². The van der Waals surface area contributed by atoms with Crippen molar-refractivity contribution in [1.82, 2.24) is 15.1 Å². The van der Waals surface area contributed by atoms with Crippen molar-refractivity contribution < 1.29 is 24.2 Å². The van der Waals surface area contributed by atoms with Gasteiger partial charge in [-0.3, -0.25) is 9.69 Å². The second kappa shape index (κ2) is 15.7. The van der Waals surface area contributed by atoms with E-state index in [9.17, 15) is 14.7 Å². The molecule has 228 valence electrons. The molecule has 2 fully saturated rings. The van der Waals surface area contributed by atoms with E-state index >= 15 is 0 Å². The van der Waals surface area contributed by atoms with Gasteiger partial charge in [-0.25, -0.2) is 4.79 Å². The molecule has 1 saturated carbocycles. The van der Waals surface area contributed by atoms with Crippen molar-refractivity contribution in [1.29, 1.82) is 0 Å². The molecular weight excluding hydrogens is 542 g/mol. The number of benzene rings is 3. The maximum atomic E-state index is 13.5. The summed E-state index contributed by atoms with van der Waals surface area (Å²) in [4.78, 5) is 30.8. The Morgan fingerprint density at radius 1 is 0.930 bits per heavy atom. The van der Waals surface area contributed by atoms with Crippen molar-refractivity contribution in [3.63, 3.8) is 0 Å². The number of ether oxygens (including phenoxy) is 2. The molecule has 3 unspecified atom stereocenters. The summed E-state index contributed by atoms with van der Waals surface area (Å²) in [6.07, 6.45) is 3.50. The van der Waals surface area contributed by atoms with Crippen LogP contribution in [0.25, 0.3) is 0 Å². The molecule has 2 aliphatic rings. The van der Waals surface area contributed by atoms with Gasteiger partial charge in [0.2, 0.25) is 5.91 Å². The van der Waals surface area contributed by atoms with Crippen LogP contribution in [0.1, 0.15) is 54.3 Å². The molecule has 2 amide bonds. The molecule has 3 aromatic carbocycles. The lowest BCUT2D eigenvalue weighted by molar-refractivity contribution is -0.127. The first kappa shape index (κ1) is 30.7. The third kappa shape index (κ3) is 8.66. The molecule has 8 heteroatoms. The molecule has 3 aromatic rings. The van der Waals surface area contributed by atoms with Gasteiger partial charge in [-0.15, -0.1) is 0 Å². The molecule has 3 atom stereocenters. The fraction of sp³-hybridized carbons (Fsp3) is 0.429. The van der Waals surface area contributed by atoms with Crippen LogP contribution in [-0.2, 0) is 16.1 Å². The number of nitrogens with one attached hydrogen (secondary N) is 1. The minimum atomic E-state index is -0.419. The van der Waals surface area contributed by atoms with E-state index in [0.717, 1.165) is 62.0 Å². The van der Waals surface area contributed by atoms with Crippen LogP contribution >= 0.6 is 0 Å². The summed E-state index contributed by atoms with van der Waals surface area (Å²) in [5, 5.41) is 13.1. The molecule has 1 aliphatic heterocycles. The Labute approximate surface area is 254 Å². The number of carbonyl (C=O) groups is 2. The van der Waals surface area contributed by atoms with Gasteiger partial charge in [-0.05, 0) is 47.6 Å². The Bertz CT molecular complexity index is 1280. The van der Waals surface area contributed by atoms with Crippen molar-refractivity contribution in [3.8, 4) is 5.75 Å². The van der Waals surface area contributed by atoms with Crippen molar-refractivity contribution in [2.75, 3.05) is 46.0 Å². The predicted molar refractivity (Wildman–Crippen MR) is 166 cm³/mol. The second-order valence-electron chi connectivity index (χ2n) is 11.5. The molecule has 43 heavy (non-hydrogen) atoms. The van der Waals surface area contributed by atoms with Gasteiger partial charge in [0.05, 0.1) is 25.9 Å². The van der Waals surface area contributed by atoms with E-state index < -0.39 is 6.04 Å². The number of morpholine rings is 1. The Morgan fingerprint density at radius 2 is 1.60 bits per heavy atom. The highest BCUT2D eigenvalue weighted by Gasteiger charge is 2.33. The predicted octanol–water partition coefficient (Wildman–Crippen LogP) is 5.14. The lowest BCUT2D eigenvalue weighted by Gasteiger charge is -2.32. The Kier molecular flexibility index (Phi) is 11.2. The van der Waals surface area contributed by atoms with Gasteiger partial charge in [0.1, 0.15) is 5.75 Å². The number of para-hydroxylation sites is 1. The van der Waals surface area contributed by atoms with Gasteiger partial charge in [0, 0.05) is 38.6 Å². The van der Waals surface area contributed by atoms with Gasteiger partial charge in [0.25, 0.3) is 0 Å². The van der Waals surface area contributed by atoms with Crippen LogP contribution in [-0.4, -0.2) is 72.9 Å². The zero-order valence-corrected chi connectivity index (χ0v) is 24.8. The van der Waals surface area contributed by atoms with Crippen LogP contribution in [0.15, 0.2) is 84.9 Å². The molecule has 0 spiro atoms. The number of hydrogen-bond donors (Lipinski definition) is 2. The quantitative estimate of drug-likeness (QED) is 0.324. The fourth-order valence-electron chi connectivity index (χ4n) is 6.11. The maximum Gasteiger partial charge on any atom is 0.415 e. The molecule has 1 aliphatic carbocycles. The van der Waals surface area contributed by atoms with Crippen LogP contribution in [0.2, 0.25) is 0 Å². The van der Waals surface area contributed by atoms with Gasteiger partial charge < -0.3 is 24.8 Å². The summed E-state index contributed by atoms with van der Waals surface area (Å²) >= 11 is 0. The summed E-state index contributed by atoms with van der Waals surface area (Å²) in [7, 11) is 0. The summed E-state index contributed by atoms with van der Waals surface area (Å²) in [6.45, 7) is 4.73. The average Bonchev–Trinajstić information content (AvgIpc) is 3.07. The van der Waals surface area contributed by atoms with E-state index in [2.05, 4.69) is 34.5 Å². The molecule has 0 aromatic heterocycles. The molecular formula is C35H43N3O5. The lowest BCUT2D eigenvalue weighted by Crippen LogP contribution is -2.43. The van der Waals surface area contributed by atoms with Gasteiger partial charge in [0.15, 0.2) is 0 Å². The second-order valence-corrected chi connectivity index (χ2v) is 11.5. The monoisotopic (exact) mass is 585 g/mol. The van der Waals surface area contributed by atoms with E-state index in [4.69, 9.17) is 9.47 Å². The summed E-state index contributed by atoms with van der Waals surface area (Å²) < 4.78 is 11.2. The van der Waals surface area contributed by atoms with E-state index in [1.807, 2.05) is 48.5 Å². The van der Waals surface area contributed by atoms with Gasteiger partial charge in [-0.2, -0.15) is 0 Å². The largest absolute Gasteiger partial charge is 0.415 e. The molecule has 0 radical (unpaired) electrons. The van der Waals surface area contributed by atoms with Crippen LogP contribution in [0, 0.1) is 5.92 Å². The number of nitrogens with zero attached hydrogens (tertiary/aromatic N) is 2. The summed E-state index contributed by atoms with van der Waals surface area (Å²) in [5.74, 6) is 0.479. The normalized spacial score (nSPS) is 19.7. The number of amides is 2. The van der Waals surface area contributed by atoms with Crippen molar-refractivity contribution in [2.45, 2.75) is 44.2 Å². The van der Waals surface area contributed by atoms with E-state index in [0.29, 0.717) is 32.1 Å². The van der Waals surface area contributed by atoms with E-state index in [-0.39, 0.29) is 30.4 Å². The summed E-state index contributed by atoms with van der Waals surface area (Å²) in [5.41, 5.74) is 3.05. The summed E-state index contributed by atoms with van der Waals surface area (Å²) in [6, 6.07) is 26.7. The van der Waals surface area contributed by atoms with Crippen LogP contribution in [0.5, 0.6) is 5.75 Å². The lowest BCUT2D eigenvalue weighted by atomic mass is 9.74. The van der Waals surface area contributed by atoms with Crippen molar-refractivity contribution in [2.24, 2.45) is 5.92 Å². The van der Waals surface area contributed by atoms with Crippen LogP contribution < -0.4 is 10.1 Å². The van der Waals surface area contributed by atoms with Crippen molar-refractivity contribution in [3.05, 3.63) is 102 Å². The average molecular weight is 586 g/mol. The van der Waals surface area contributed by atoms with Gasteiger partial charge >= 0.3 is 6.09 Å². The van der Waals surface area contributed by atoms with Gasteiger partial charge in [-0.1, -0.05) is 85.6 Å². The molecule has 2 N–H and O–H groups in total. The molecule has 5 rings (SSSR count). The number of aliphatic hydroxyl groups excluding tert-OH is 1. The number of hydrogen-bond acceptors (Lipinski definition) is 6. The first-order chi connectivity index (χ1) is 21.1. The number of rotatable bonds is 11. The highest BCUT2D eigenvalue weighted by Crippen LogP contribution is 2.38. The minimum absolute atomic E-state index is 0.00498. The highest BCUT2D eigenvalue weighted by molar-refractivity contribution is 5.80. The molecule has 1 saturated heterocycles. The minimum Gasteiger partial charge on any atom is -0.410 e. The van der Waals surface area contributed by atoms with Crippen molar-refractivity contribution >= 4 is 12.0 Å². The zero-order chi connectivity index (χ0) is 29.9. The topological polar surface area (TPSA) is 91.3 Å².